The van der Waals surface area contributed by atoms with Gasteiger partial charge in [-0.15, -0.1) is 11.3 Å². The zero-order valence-corrected chi connectivity index (χ0v) is 18.4. The molecule has 0 radical (unpaired) electrons. The van der Waals surface area contributed by atoms with Crippen LogP contribution >= 0.6 is 22.9 Å². The van der Waals surface area contributed by atoms with Gasteiger partial charge in [0, 0.05) is 31.9 Å². The molecule has 1 fully saturated rings. The molecule has 0 spiro atoms. The lowest BCUT2D eigenvalue weighted by Crippen LogP contribution is -2.53. The SMILES string of the molecule is C[C@@H](C(=O)Nc1ccc2[nH]c(=O)[nH]c2c1)N1CCN(S(=O)(=O)c2ccc(Cl)s2)CC1. The fourth-order valence-electron chi connectivity index (χ4n) is 3.42. The predicted molar refractivity (Wildman–Crippen MR) is 117 cm³/mol. The van der Waals surface area contributed by atoms with Gasteiger partial charge >= 0.3 is 5.69 Å². The molecule has 0 aliphatic carbocycles. The number of piperazine rings is 1. The first-order chi connectivity index (χ1) is 14.2. The van der Waals surface area contributed by atoms with E-state index in [2.05, 4.69) is 15.3 Å². The van der Waals surface area contributed by atoms with Crippen LogP contribution in [0, 0.1) is 0 Å². The zero-order valence-electron chi connectivity index (χ0n) is 16.0. The number of amides is 1. The van der Waals surface area contributed by atoms with Gasteiger partial charge in [-0.1, -0.05) is 11.6 Å². The first-order valence-electron chi connectivity index (χ1n) is 9.26. The summed E-state index contributed by atoms with van der Waals surface area (Å²) in [6, 6.07) is 7.77. The molecule has 1 atom stereocenters. The minimum atomic E-state index is -3.57. The Morgan fingerprint density at radius 3 is 2.50 bits per heavy atom. The number of H-pyrrole nitrogens is 2. The van der Waals surface area contributed by atoms with Crippen molar-refractivity contribution in [3.8, 4) is 0 Å². The number of hydrogen-bond donors (Lipinski definition) is 3. The first-order valence-corrected chi connectivity index (χ1v) is 11.9. The van der Waals surface area contributed by atoms with E-state index in [1.165, 1.54) is 10.4 Å². The van der Waals surface area contributed by atoms with Gasteiger partial charge in [-0.05, 0) is 37.3 Å². The van der Waals surface area contributed by atoms with Crippen molar-refractivity contribution in [1.29, 1.82) is 0 Å². The van der Waals surface area contributed by atoms with Gasteiger partial charge in [-0.3, -0.25) is 9.69 Å². The number of carbonyl (C=O) groups excluding carboxylic acids is 1. The molecule has 1 aliphatic heterocycles. The number of hydrogen-bond acceptors (Lipinski definition) is 6. The topological polar surface area (TPSA) is 118 Å². The number of nitrogens with one attached hydrogen (secondary N) is 3. The largest absolute Gasteiger partial charge is 0.325 e. The molecule has 4 rings (SSSR count). The Hall–Kier alpha value is -2.18. The van der Waals surface area contributed by atoms with Gasteiger partial charge in [0.05, 0.1) is 21.4 Å². The van der Waals surface area contributed by atoms with Crippen LogP contribution in [0.15, 0.2) is 39.3 Å². The van der Waals surface area contributed by atoms with E-state index >= 15 is 0 Å². The summed E-state index contributed by atoms with van der Waals surface area (Å²) in [7, 11) is -3.57. The van der Waals surface area contributed by atoms with Crippen LogP contribution in [-0.4, -0.2) is 65.7 Å². The minimum Gasteiger partial charge on any atom is -0.325 e. The standard InChI is InChI=1S/C18H20ClN5O4S2/c1-11(17(25)20-12-2-3-13-14(10-12)22-18(26)21-13)23-6-8-24(9-7-23)30(27,28)16-5-4-15(19)29-16/h2-5,10-11H,6-9H2,1H3,(H,20,25)(H2,21,22,26)/t11-/m0/s1. The van der Waals surface area contributed by atoms with Crippen molar-refractivity contribution in [2.45, 2.75) is 17.2 Å². The molecule has 9 nitrogen and oxygen atoms in total. The number of nitrogens with zero attached hydrogens (tertiary/aromatic N) is 2. The van der Waals surface area contributed by atoms with E-state index in [0.29, 0.717) is 47.2 Å². The Morgan fingerprint density at radius 2 is 1.83 bits per heavy atom. The number of aromatic amines is 2. The van der Waals surface area contributed by atoms with Gasteiger partial charge in [0.25, 0.3) is 10.0 Å². The molecule has 0 saturated carbocycles. The van der Waals surface area contributed by atoms with Crippen molar-refractivity contribution in [3.63, 3.8) is 0 Å². The van der Waals surface area contributed by atoms with Crippen molar-refractivity contribution in [3.05, 3.63) is 45.2 Å². The van der Waals surface area contributed by atoms with Crippen molar-refractivity contribution in [1.82, 2.24) is 19.2 Å². The Morgan fingerprint density at radius 1 is 1.13 bits per heavy atom. The summed E-state index contributed by atoms with van der Waals surface area (Å²) in [6.45, 7) is 3.27. The number of anilines is 1. The first kappa shape index (κ1) is 21.1. The molecule has 1 amide bonds. The van der Waals surface area contributed by atoms with Crippen molar-refractivity contribution >= 4 is 55.6 Å². The number of carbonyl (C=O) groups is 1. The van der Waals surface area contributed by atoms with Gasteiger partial charge < -0.3 is 15.3 Å². The molecule has 1 aromatic carbocycles. The quantitative estimate of drug-likeness (QED) is 0.527. The van der Waals surface area contributed by atoms with E-state index in [1.54, 1.807) is 31.2 Å². The molecule has 3 aromatic rings. The second-order valence-corrected chi connectivity index (χ2v) is 10.9. The average Bonchev–Trinajstić information content (AvgIpc) is 3.32. The molecule has 0 unspecified atom stereocenters. The van der Waals surface area contributed by atoms with Gasteiger partial charge in [-0.25, -0.2) is 13.2 Å². The number of benzene rings is 1. The average molecular weight is 470 g/mol. The molecule has 2 aromatic heterocycles. The van der Waals surface area contributed by atoms with Crippen molar-refractivity contribution in [2.75, 3.05) is 31.5 Å². The fraction of sp³-hybridized carbons (Fsp3) is 0.333. The lowest BCUT2D eigenvalue weighted by molar-refractivity contribution is -0.121. The summed E-state index contributed by atoms with van der Waals surface area (Å²) >= 11 is 6.91. The highest BCUT2D eigenvalue weighted by molar-refractivity contribution is 7.91. The van der Waals surface area contributed by atoms with Crippen LogP contribution in [0.3, 0.4) is 0 Å². The smallest absolute Gasteiger partial charge is 0.323 e. The Bertz CT molecular complexity index is 1240. The monoisotopic (exact) mass is 469 g/mol. The maximum absolute atomic E-state index is 12.7. The zero-order chi connectivity index (χ0) is 21.5. The highest BCUT2D eigenvalue weighted by Gasteiger charge is 2.32. The number of halogens is 1. The van der Waals surface area contributed by atoms with Crippen LogP contribution < -0.4 is 11.0 Å². The molecule has 160 valence electrons. The number of thiophene rings is 1. The van der Waals surface area contributed by atoms with Crippen LogP contribution in [-0.2, 0) is 14.8 Å². The summed E-state index contributed by atoms with van der Waals surface area (Å²) < 4.78 is 27.5. The fourth-order valence-corrected chi connectivity index (χ4v) is 6.48. The third kappa shape index (κ3) is 4.16. The van der Waals surface area contributed by atoms with Crippen molar-refractivity contribution in [2.24, 2.45) is 0 Å². The maximum atomic E-state index is 12.7. The third-order valence-electron chi connectivity index (χ3n) is 5.13. The highest BCUT2D eigenvalue weighted by Crippen LogP contribution is 2.28. The molecule has 1 saturated heterocycles. The second kappa shape index (κ2) is 8.16. The van der Waals surface area contributed by atoms with E-state index in [9.17, 15) is 18.0 Å². The van der Waals surface area contributed by atoms with E-state index in [-0.39, 0.29) is 15.8 Å². The maximum Gasteiger partial charge on any atom is 0.323 e. The molecule has 0 bridgehead atoms. The van der Waals surface area contributed by atoms with Crippen LogP contribution in [0.4, 0.5) is 5.69 Å². The number of sulfonamides is 1. The van der Waals surface area contributed by atoms with Crippen LogP contribution in [0.1, 0.15) is 6.92 Å². The lowest BCUT2D eigenvalue weighted by Gasteiger charge is -2.36. The van der Waals surface area contributed by atoms with Gasteiger partial charge in [0.1, 0.15) is 4.21 Å². The number of rotatable bonds is 5. The summed E-state index contributed by atoms with van der Waals surface area (Å²) in [5, 5.41) is 2.85. The summed E-state index contributed by atoms with van der Waals surface area (Å²) in [4.78, 5) is 31.3. The molecule has 1 aliphatic rings. The van der Waals surface area contributed by atoms with E-state index < -0.39 is 16.1 Å². The summed E-state index contributed by atoms with van der Waals surface area (Å²) in [6.07, 6.45) is 0. The molecule has 3 heterocycles. The highest BCUT2D eigenvalue weighted by atomic mass is 35.5. The van der Waals surface area contributed by atoms with Crippen LogP contribution in [0.2, 0.25) is 4.34 Å². The van der Waals surface area contributed by atoms with Crippen LogP contribution in [0.25, 0.3) is 11.0 Å². The molecule has 12 heteroatoms. The number of aromatic nitrogens is 2. The van der Waals surface area contributed by atoms with Crippen LogP contribution in [0.5, 0.6) is 0 Å². The van der Waals surface area contributed by atoms with Gasteiger partial charge in [0.2, 0.25) is 5.91 Å². The molecule has 3 N–H and O–H groups in total. The van der Waals surface area contributed by atoms with E-state index in [0.717, 1.165) is 11.3 Å². The minimum absolute atomic E-state index is 0.200. The third-order valence-corrected chi connectivity index (χ3v) is 8.72. The Labute approximate surface area is 181 Å². The molecular formula is C18H20ClN5O4S2. The number of fused-ring (bicyclic) bond motifs is 1. The van der Waals surface area contributed by atoms with E-state index in [4.69, 9.17) is 11.6 Å². The molecule has 30 heavy (non-hydrogen) atoms. The second-order valence-electron chi connectivity index (χ2n) is 7.00. The normalized spacial score (nSPS) is 17.3. The summed E-state index contributed by atoms with van der Waals surface area (Å²) in [5.41, 5.74) is 1.54. The number of imidazole rings is 1. The summed E-state index contributed by atoms with van der Waals surface area (Å²) in [5.74, 6) is -0.200. The lowest BCUT2D eigenvalue weighted by atomic mass is 10.2. The Balaban J connectivity index is 1.37. The van der Waals surface area contributed by atoms with Crippen molar-refractivity contribution < 1.29 is 13.2 Å². The molecular weight excluding hydrogens is 450 g/mol. The van der Waals surface area contributed by atoms with Gasteiger partial charge in [0.15, 0.2) is 0 Å². The Kier molecular flexibility index (Phi) is 5.73. The van der Waals surface area contributed by atoms with E-state index in [1.807, 2.05) is 4.90 Å². The van der Waals surface area contributed by atoms with Gasteiger partial charge in [-0.2, -0.15) is 4.31 Å². The predicted octanol–water partition coefficient (Wildman–Crippen LogP) is 1.90.